The second-order valence-electron chi connectivity index (χ2n) is 2.97. The number of carbonyl (C=O) groups is 2. The first-order valence-electron chi connectivity index (χ1n) is 4.84. The molecule has 1 rings (SSSR count). The van der Waals surface area contributed by atoms with Crippen molar-refractivity contribution in [3.63, 3.8) is 0 Å². The number of aromatic nitrogens is 3. The summed E-state index contributed by atoms with van der Waals surface area (Å²) in [5, 5.41) is 12.1. The quantitative estimate of drug-likeness (QED) is 0.479. The van der Waals surface area contributed by atoms with Crippen LogP contribution in [0.2, 0.25) is 0 Å². The number of nitrogens with zero attached hydrogens (tertiary/aromatic N) is 3. The molecule has 0 unspecified atom stereocenters. The second-order valence-corrected chi connectivity index (χ2v) is 2.97. The maximum absolute atomic E-state index is 11.2. The molecule has 1 aromatic rings. The first-order chi connectivity index (χ1) is 7.74. The van der Waals surface area contributed by atoms with Gasteiger partial charge in [0.05, 0.1) is 12.7 Å². The van der Waals surface area contributed by atoms with Crippen LogP contribution in [0.25, 0.3) is 0 Å². The first-order valence-corrected chi connectivity index (χ1v) is 4.84. The third kappa shape index (κ3) is 4.05. The lowest BCUT2D eigenvalue weighted by atomic mass is 10.5. The van der Waals surface area contributed by atoms with Crippen molar-refractivity contribution in [1.29, 1.82) is 0 Å². The maximum atomic E-state index is 11.2. The van der Waals surface area contributed by atoms with Crippen LogP contribution in [0.4, 0.5) is 0 Å². The van der Waals surface area contributed by atoms with Gasteiger partial charge in [0.2, 0.25) is 0 Å². The van der Waals surface area contributed by atoms with E-state index in [0.717, 1.165) is 0 Å². The Kier molecular flexibility index (Phi) is 4.93. The van der Waals surface area contributed by atoms with Crippen molar-refractivity contribution < 1.29 is 9.59 Å². The van der Waals surface area contributed by atoms with E-state index in [1.54, 1.807) is 10.9 Å². The average Bonchev–Trinajstić information content (AvgIpc) is 2.78. The van der Waals surface area contributed by atoms with E-state index in [2.05, 4.69) is 20.9 Å². The molecule has 0 spiro atoms. The summed E-state index contributed by atoms with van der Waals surface area (Å²) in [5.41, 5.74) is 5.18. The van der Waals surface area contributed by atoms with Crippen LogP contribution in [0, 0.1) is 0 Å². The Morgan fingerprint density at radius 3 is 2.50 bits per heavy atom. The zero-order chi connectivity index (χ0) is 11.8. The highest BCUT2D eigenvalue weighted by Crippen LogP contribution is 1.79. The molecule has 2 amide bonds. The molecule has 0 aliphatic carbocycles. The van der Waals surface area contributed by atoms with Crippen molar-refractivity contribution in [2.24, 2.45) is 5.73 Å². The highest BCUT2D eigenvalue weighted by molar-refractivity contribution is 6.35. The van der Waals surface area contributed by atoms with Gasteiger partial charge in [-0.15, -0.1) is 5.10 Å². The molecule has 4 N–H and O–H groups in total. The van der Waals surface area contributed by atoms with Gasteiger partial charge in [-0.25, -0.2) is 0 Å². The summed E-state index contributed by atoms with van der Waals surface area (Å²) in [7, 11) is 0. The number of nitrogens with two attached hydrogens (primary N) is 1. The van der Waals surface area contributed by atoms with Gasteiger partial charge in [-0.2, -0.15) is 0 Å². The molecule has 16 heavy (non-hydrogen) atoms. The molecule has 88 valence electrons. The van der Waals surface area contributed by atoms with Gasteiger partial charge in [-0.1, -0.05) is 5.21 Å². The van der Waals surface area contributed by atoms with E-state index in [1.165, 1.54) is 6.20 Å². The summed E-state index contributed by atoms with van der Waals surface area (Å²) in [5.74, 6) is -1.35. The Morgan fingerprint density at radius 2 is 1.94 bits per heavy atom. The molecular weight excluding hydrogens is 212 g/mol. The van der Waals surface area contributed by atoms with Crippen LogP contribution < -0.4 is 16.4 Å². The van der Waals surface area contributed by atoms with Crippen molar-refractivity contribution in [1.82, 2.24) is 25.6 Å². The minimum atomic E-state index is -0.677. The van der Waals surface area contributed by atoms with Gasteiger partial charge < -0.3 is 16.4 Å². The third-order valence-electron chi connectivity index (χ3n) is 1.73. The predicted molar refractivity (Wildman–Crippen MR) is 55.1 cm³/mol. The van der Waals surface area contributed by atoms with Gasteiger partial charge in [-0.05, 0) is 0 Å². The van der Waals surface area contributed by atoms with E-state index in [1.807, 2.05) is 0 Å². The number of hydrogen-bond acceptors (Lipinski definition) is 5. The van der Waals surface area contributed by atoms with Gasteiger partial charge in [0.1, 0.15) is 0 Å². The summed E-state index contributed by atoms with van der Waals surface area (Å²) in [6, 6.07) is 0. The molecule has 0 aromatic carbocycles. The van der Waals surface area contributed by atoms with Crippen LogP contribution in [-0.4, -0.2) is 46.4 Å². The van der Waals surface area contributed by atoms with Crippen molar-refractivity contribution in [3.8, 4) is 0 Å². The molecule has 0 atom stereocenters. The normalized spacial score (nSPS) is 9.81. The van der Waals surface area contributed by atoms with E-state index in [0.29, 0.717) is 19.6 Å². The highest BCUT2D eigenvalue weighted by Gasteiger charge is 2.11. The van der Waals surface area contributed by atoms with Gasteiger partial charge in [0, 0.05) is 25.8 Å². The maximum Gasteiger partial charge on any atom is 0.309 e. The summed E-state index contributed by atoms with van der Waals surface area (Å²) in [6.45, 7) is 1.38. The Hall–Kier alpha value is -1.96. The predicted octanol–water partition coefficient (Wildman–Crippen LogP) is -2.53. The van der Waals surface area contributed by atoms with E-state index in [-0.39, 0.29) is 6.54 Å². The Labute approximate surface area is 92.2 Å². The lowest BCUT2D eigenvalue weighted by Crippen LogP contribution is -2.42. The molecule has 0 saturated heterocycles. The molecule has 0 bridgehead atoms. The first kappa shape index (κ1) is 12.1. The molecule has 0 saturated carbocycles. The summed E-state index contributed by atoms with van der Waals surface area (Å²) in [4.78, 5) is 22.2. The van der Waals surface area contributed by atoms with Gasteiger partial charge >= 0.3 is 11.8 Å². The van der Waals surface area contributed by atoms with Crippen LogP contribution in [0.3, 0.4) is 0 Å². The monoisotopic (exact) mass is 226 g/mol. The summed E-state index contributed by atoms with van der Waals surface area (Å²) in [6.07, 6.45) is 3.20. The SMILES string of the molecule is NCCNC(=O)C(=O)NCCn1ccnn1. The molecule has 0 aliphatic heterocycles. The van der Waals surface area contributed by atoms with Gasteiger partial charge in [0.15, 0.2) is 0 Å². The fourth-order valence-electron chi connectivity index (χ4n) is 0.982. The second kappa shape index (κ2) is 6.51. The van der Waals surface area contributed by atoms with Crippen molar-refractivity contribution in [2.75, 3.05) is 19.6 Å². The topological polar surface area (TPSA) is 115 Å². The number of amides is 2. The summed E-state index contributed by atoms with van der Waals surface area (Å²) < 4.78 is 1.55. The van der Waals surface area contributed by atoms with E-state index < -0.39 is 11.8 Å². The number of nitrogens with one attached hydrogen (secondary N) is 2. The summed E-state index contributed by atoms with van der Waals surface area (Å²) >= 11 is 0. The minimum absolute atomic E-state index is 0.287. The standard InChI is InChI=1S/C8H14N6O2/c9-1-2-10-7(15)8(16)11-3-5-14-6-4-12-13-14/h4,6H,1-3,5,9H2,(H,10,15)(H,11,16). The molecule has 0 aliphatic rings. The largest absolute Gasteiger partial charge is 0.347 e. The van der Waals surface area contributed by atoms with Crippen LogP contribution in [-0.2, 0) is 16.1 Å². The smallest absolute Gasteiger partial charge is 0.309 e. The molecule has 1 aromatic heterocycles. The zero-order valence-corrected chi connectivity index (χ0v) is 8.72. The molecule has 8 heteroatoms. The number of rotatable bonds is 5. The van der Waals surface area contributed by atoms with Gasteiger partial charge in [0.25, 0.3) is 0 Å². The van der Waals surface area contributed by atoms with Crippen LogP contribution in [0.5, 0.6) is 0 Å². The van der Waals surface area contributed by atoms with E-state index >= 15 is 0 Å². The van der Waals surface area contributed by atoms with Crippen molar-refractivity contribution in [2.45, 2.75) is 6.54 Å². The molecular formula is C8H14N6O2. The van der Waals surface area contributed by atoms with E-state index in [4.69, 9.17) is 5.73 Å². The van der Waals surface area contributed by atoms with Gasteiger partial charge in [-0.3, -0.25) is 14.3 Å². The average molecular weight is 226 g/mol. The van der Waals surface area contributed by atoms with Crippen molar-refractivity contribution in [3.05, 3.63) is 12.4 Å². The third-order valence-corrected chi connectivity index (χ3v) is 1.73. The lowest BCUT2D eigenvalue weighted by molar-refractivity contribution is -0.139. The molecule has 8 nitrogen and oxygen atoms in total. The Balaban J connectivity index is 2.17. The Morgan fingerprint density at radius 1 is 1.25 bits per heavy atom. The van der Waals surface area contributed by atoms with Crippen LogP contribution in [0.1, 0.15) is 0 Å². The zero-order valence-electron chi connectivity index (χ0n) is 8.72. The number of carbonyl (C=O) groups excluding carboxylic acids is 2. The molecule has 0 fully saturated rings. The molecule has 1 heterocycles. The highest BCUT2D eigenvalue weighted by atomic mass is 16.2. The number of hydrogen-bond donors (Lipinski definition) is 3. The van der Waals surface area contributed by atoms with Crippen LogP contribution >= 0.6 is 0 Å². The Bertz CT molecular complexity index is 336. The van der Waals surface area contributed by atoms with E-state index in [9.17, 15) is 9.59 Å². The minimum Gasteiger partial charge on any atom is -0.347 e. The van der Waals surface area contributed by atoms with Crippen LogP contribution in [0.15, 0.2) is 12.4 Å². The van der Waals surface area contributed by atoms with Crippen molar-refractivity contribution >= 4 is 11.8 Å². The fraction of sp³-hybridized carbons (Fsp3) is 0.500. The fourth-order valence-corrected chi connectivity index (χ4v) is 0.982. The molecule has 0 radical (unpaired) electrons. The lowest BCUT2D eigenvalue weighted by Gasteiger charge is -2.05.